The van der Waals surface area contributed by atoms with Crippen molar-refractivity contribution in [1.29, 1.82) is 0 Å². The highest BCUT2D eigenvalue weighted by molar-refractivity contribution is 8.26. The molecule has 0 aliphatic carbocycles. The van der Waals surface area contributed by atoms with Gasteiger partial charge in [-0.2, -0.15) is 0 Å². The summed E-state index contributed by atoms with van der Waals surface area (Å²) in [6.07, 6.45) is 4.04. The minimum atomic E-state index is -0.0493. The molecule has 0 atom stereocenters. The molecule has 0 bridgehead atoms. The number of thioether (sulfide) groups is 1. The Morgan fingerprint density at radius 3 is 2.44 bits per heavy atom. The van der Waals surface area contributed by atoms with Gasteiger partial charge in [-0.25, -0.2) is 0 Å². The smallest absolute Gasteiger partial charge is 0.266 e. The van der Waals surface area contributed by atoms with Gasteiger partial charge in [-0.15, -0.1) is 0 Å². The van der Waals surface area contributed by atoms with Gasteiger partial charge in [0.2, 0.25) is 0 Å². The molecule has 1 aliphatic heterocycles. The van der Waals surface area contributed by atoms with Crippen LogP contribution in [0.5, 0.6) is 0 Å². The second-order valence-electron chi connectivity index (χ2n) is 7.57. The Bertz CT molecular complexity index is 1360. The van der Waals surface area contributed by atoms with Crippen LogP contribution in [0, 0.1) is 0 Å². The van der Waals surface area contributed by atoms with Crippen molar-refractivity contribution in [3.05, 3.63) is 112 Å². The Morgan fingerprint density at radius 2 is 1.62 bits per heavy atom. The Hall–Kier alpha value is -2.86. The molecule has 2 heterocycles. The van der Waals surface area contributed by atoms with E-state index in [0.29, 0.717) is 22.3 Å². The third-order valence-electron chi connectivity index (χ3n) is 5.46. The van der Waals surface area contributed by atoms with Crippen LogP contribution in [0.2, 0.25) is 5.02 Å². The van der Waals surface area contributed by atoms with E-state index >= 15 is 0 Å². The van der Waals surface area contributed by atoms with Gasteiger partial charge in [-0.1, -0.05) is 102 Å². The maximum absolute atomic E-state index is 13.1. The third-order valence-corrected chi connectivity index (χ3v) is 7.21. The van der Waals surface area contributed by atoms with Crippen LogP contribution in [0.25, 0.3) is 17.0 Å². The average molecular weight is 475 g/mol. The topological polar surface area (TPSA) is 25.2 Å². The van der Waals surface area contributed by atoms with Gasteiger partial charge in [-0.05, 0) is 29.3 Å². The molecular formula is C26H19ClN2OS2. The van der Waals surface area contributed by atoms with Gasteiger partial charge in [-0.3, -0.25) is 9.69 Å². The molecule has 0 N–H and O–H groups in total. The van der Waals surface area contributed by atoms with Crippen molar-refractivity contribution in [3.8, 4) is 0 Å². The molecule has 1 fully saturated rings. The first-order chi connectivity index (χ1) is 15.6. The standard InChI is InChI=1S/C26H19ClN2OS2/c27-22-12-6-4-10-19(22)16-28-17-20(21-11-5-7-13-23(21)28)14-24-25(30)29(26(31)32-24)15-18-8-2-1-3-9-18/h1-14,17H,15-16H2/b24-14+. The number of halogens is 1. The summed E-state index contributed by atoms with van der Waals surface area (Å²) in [5, 5.41) is 1.83. The number of thiocarbonyl (C=S) groups is 1. The number of amides is 1. The van der Waals surface area contributed by atoms with Gasteiger partial charge < -0.3 is 4.57 Å². The lowest BCUT2D eigenvalue weighted by Gasteiger charge is -2.14. The molecule has 3 aromatic carbocycles. The van der Waals surface area contributed by atoms with Crippen molar-refractivity contribution in [2.45, 2.75) is 13.1 Å². The van der Waals surface area contributed by atoms with Crippen LogP contribution in [0.4, 0.5) is 0 Å². The van der Waals surface area contributed by atoms with Crippen LogP contribution in [0.15, 0.2) is 90.0 Å². The number of aromatic nitrogens is 1. The number of carbonyl (C=O) groups is 1. The fraction of sp³-hybridized carbons (Fsp3) is 0.0769. The Labute approximate surface area is 201 Å². The third kappa shape index (κ3) is 4.11. The SMILES string of the molecule is O=C1/C(=C\c2cn(Cc3ccccc3Cl)c3ccccc23)SC(=S)N1Cc1ccccc1. The summed E-state index contributed by atoms with van der Waals surface area (Å²) in [5.41, 5.74) is 4.20. The van der Waals surface area contributed by atoms with Crippen molar-refractivity contribution in [2.24, 2.45) is 0 Å². The Morgan fingerprint density at radius 1 is 0.906 bits per heavy atom. The number of rotatable bonds is 5. The highest BCUT2D eigenvalue weighted by Gasteiger charge is 2.32. The molecule has 1 amide bonds. The first kappa shape index (κ1) is 21.0. The second-order valence-corrected chi connectivity index (χ2v) is 9.66. The molecule has 1 saturated heterocycles. The van der Waals surface area contributed by atoms with E-state index in [0.717, 1.165) is 32.6 Å². The summed E-state index contributed by atoms with van der Waals surface area (Å²) in [7, 11) is 0. The summed E-state index contributed by atoms with van der Waals surface area (Å²) in [4.78, 5) is 15.4. The van der Waals surface area contributed by atoms with Gasteiger partial charge >= 0.3 is 0 Å². The van der Waals surface area contributed by atoms with E-state index in [1.54, 1.807) is 4.90 Å². The van der Waals surface area contributed by atoms with Gasteiger partial charge in [0.15, 0.2) is 0 Å². The zero-order valence-electron chi connectivity index (χ0n) is 17.1. The number of nitrogens with zero attached hydrogens (tertiary/aromatic N) is 2. The van der Waals surface area contributed by atoms with E-state index in [4.69, 9.17) is 23.8 Å². The highest BCUT2D eigenvalue weighted by Crippen LogP contribution is 2.35. The molecule has 1 aliphatic rings. The molecule has 0 saturated carbocycles. The van der Waals surface area contributed by atoms with Crippen molar-refractivity contribution < 1.29 is 4.79 Å². The summed E-state index contributed by atoms with van der Waals surface area (Å²) in [6, 6.07) is 26.0. The van der Waals surface area contributed by atoms with Crippen LogP contribution in [-0.2, 0) is 17.9 Å². The fourth-order valence-corrected chi connectivity index (χ4v) is 5.32. The molecule has 5 rings (SSSR count). The van der Waals surface area contributed by atoms with Gasteiger partial charge in [0.05, 0.1) is 11.4 Å². The van der Waals surface area contributed by atoms with Crippen molar-refractivity contribution in [3.63, 3.8) is 0 Å². The van der Waals surface area contributed by atoms with E-state index in [1.807, 2.05) is 72.8 Å². The molecule has 0 spiro atoms. The van der Waals surface area contributed by atoms with Crippen LogP contribution in [0.1, 0.15) is 16.7 Å². The number of hydrogen-bond acceptors (Lipinski definition) is 3. The number of para-hydroxylation sites is 1. The summed E-state index contributed by atoms with van der Waals surface area (Å²) in [5.74, 6) is -0.0493. The monoisotopic (exact) mass is 474 g/mol. The number of benzene rings is 3. The lowest BCUT2D eigenvalue weighted by atomic mass is 10.1. The van der Waals surface area contributed by atoms with Gasteiger partial charge in [0.25, 0.3) is 5.91 Å². The number of fused-ring (bicyclic) bond motifs is 1. The van der Waals surface area contributed by atoms with Crippen LogP contribution < -0.4 is 0 Å². The fourth-order valence-electron chi connectivity index (χ4n) is 3.87. The molecule has 3 nitrogen and oxygen atoms in total. The molecule has 0 unspecified atom stereocenters. The van der Waals surface area contributed by atoms with Crippen LogP contribution >= 0.6 is 35.6 Å². The first-order valence-corrected chi connectivity index (χ1v) is 11.8. The Balaban J connectivity index is 1.48. The molecule has 4 aromatic rings. The summed E-state index contributed by atoms with van der Waals surface area (Å²) < 4.78 is 2.76. The van der Waals surface area contributed by atoms with E-state index in [1.165, 1.54) is 11.8 Å². The maximum atomic E-state index is 13.1. The molecule has 0 radical (unpaired) electrons. The van der Waals surface area contributed by atoms with Crippen molar-refractivity contribution in [1.82, 2.24) is 9.47 Å². The van der Waals surface area contributed by atoms with E-state index in [2.05, 4.69) is 22.9 Å². The maximum Gasteiger partial charge on any atom is 0.266 e. The minimum Gasteiger partial charge on any atom is -0.342 e. The molecule has 1 aromatic heterocycles. The summed E-state index contributed by atoms with van der Waals surface area (Å²) >= 11 is 13.3. The van der Waals surface area contributed by atoms with Crippen LogP contribution in [0.3, 0.4) is 0 Å². The predicted molar refractivity (Wildman–Crippen MR) is 138 cm³/mol. The largest absolute Gasteiger partial charge is 0.342 e. The zero-order valence-corrected chi connectivity index (χ0v) is 19.5. The highest BCUT2D eigenvalue weighted by atomic mass is 35.5. The summed E-state index contributed by atoms with van der Waals surface area (Å²) in [6.45, 7) is 1.14. The molecule has 6 heteroatoms. The molecule has 32 heavy (non-hydrogen) atoms. The van der Waals surface area contributed by atoms with Crippen molar-refractivity contribution >= 4 is 62.8 Å². The molecule has 158 valence electrons. The minimum absolute atomic E-state index is 0.0493. The normalized spacial score (nSPS) is 15.3. The lowest BCUT2D eigenvalue weighted by molar-refractivity contribution is -0.122. The van der Waals surface area contributed by atoms with Gasteiger partial charge in [0, 0.05) is 34.2 Å². The first-order valence-electron chi connectivity index (χ1n) is 10.2. The zero-order chi connectivity index (χ0) is 22.1. The number of carbonyl (C=O) groups excluding carboxylic acids is 1. The van der Waals surface area contributed by atoms with E-state index in [-0.39, 0.29) is 5.91 Å². The van der Waals surface area contributed by atoms with Gasteiger partial charge in [0.1, 0.15) is 4.32 Å². The lowest BCUT2D eigenvalue weighted by Crippen LogP contribution is -2.27. The average Bonchev–Trinajstić information content (AvgIpc) is 3.28. The molecular weight excluding hydrogens is 456 g/mol. The van der Waals surface area contributed by atoms with E-state index in [9.17, 15) is 4.79 Å². The number of hydrogen-bond donors (Lipinski definition) is 0. The predicted octanol–water partition coefficient (Wildman–Crippen LogP) is 6.74. The van der Waals surface area contributed by atoms with Crippen molar-refractivity contribution in [2.75, 3.05) is 0 Å². The Kier molecular flexibility index (Phi) is 5.87. The van der Waals surface area contributed by atoms with E-state index < -0.39 is 0 Å². The quantitative estimate of drug-likeness (QED) is 0.236. The second kappa shape index (κ2) is 8.94. The van der Waals surface area contributed by atoms with Crippen LogP contribution in [-0.4, -0.2) is 19.7 Å².